The maximum Gasteiger partial charge on any atom is 0.303 e. The molecule has 0 bridgehead atoms. The zero-order valence-electron chi connectivity index (χ0n) is 10.7. The zero-order valence-corrected chi connectivity index (χ0v) is 11.4. The van der Waals surface area contributed by atoms with Crippen LogP contribution in [0.5, 0.6) is 5.75 Å². The molecule has 0 aliphatic heterocycles. The van der Waals surface area contributed by atoms with Crippen molar-refractivity contribution in [3.8, 4) is 17.1 Å². The van der Waals surface area contributed by atoms with Crippen molar-refractivity contribution in [1.29, 1.82) is 0 Å². The smallest absolute Gasteiger partial charge is 0.303 e. The number of carboxylic acid groups (broad SMARTS) is 1. The number of phenols is 1. The van der Waals surface area contributed by atoms with E-state index in [4.69, 9.17) is 21.2 Å². The van der Waals surface area contributed by atoms with Crippen LogP contribution in [0.25, 0.3) is 11.3 Å². The molecule has 0 aliphatic carbocycles. The van der Waals surface area contributed by atoms with Crippen molar-refractivity contribution in [3.05, 3.63) is 35.0 Å². The second kappa shape index (κ2) is 6.43. The van der Waals surface area contributed by atoms with Crippen molar-refractivity contribution in [3.63, 3.8) is 0 Å². The lowest BCUT2D eigenvalue weighted by molar-refractivity contribution is -0.137. The van der Waals surface area contributed by atoms with E-state index in [1.807, 2.05) is 0 Å². The molecule has 0 atom stereocenters. The molecule has 0 amide bonds. The van der Waals surface area contributed by atoms with Crippen LogP contribution in [0.2, 0.25) is 5.02 Å². The molecule has 0 fully saturated rings. The molecule has 0 saturated heterocycles. The highest BCUT2D eigenvalue weighted by atomic mass is 35.5. The molecule has 6 heteroatoms. The van der Waals surface area contributed by atoms with Gasteiger partial charge >= 0.3 is 5.97 Å². The van der Waals surface area contributed by atoms with Crippen molar-refractivity contribution in [1.82, 2.24) is 5.16 Å². The summed E-state index contributed by atoms with van der Waals surface area (Å²) < 4.78 is 5.18. The highest BCUT2D eigenvalue weighted by Gasteiger charge is 2.11. The predicted octanol–water partition coefficient (Wildman–Crippen LogP) is 3.50. The van der Waals surface area contributed by atoms with Crippen LogP contribution in [0.3, 0.4) is 0 Å². The van der Waals surface area contributed by atoms with Gasteiger partial charge in [0, 0.05) is 17.5 Å². The number of aliphatic carboxylic acids is 1. The Morgan fingerprint density at radius 3 is 2.85 bits per heavy atom. The molecule has 0 unspecified atom stereocenters. The molecule has 1 aromatic heterocycles. The van der Waals surface area contributed by atoms with Gasteiger partial charge in [-0.2, -0.15) is 0 Å². The van der Waals surface area contributed by atoms with Crippen LogP contribution in [0, 0.1) is 0 Å². The molecule has 0 saturated carbocycles. The number of phenolic OH excluding ortho intramolecular Hbond substituents is 1. The molecular weight excluding hydrogens is 282 g/mol. The normalized spacial score (nSPS) is 10.7. The standard InChI is InChI=1S/C14H14ClNO4/c15-9-5-6-12(17)11(7-9)13-8-10(16-20-13)3-1-2-4-14(18)19/h5-8,17H,1-4H2,(H,18,19). The molecule has 2 rings (SSSR count). The fourth-order valence-corrected chi connectivity index (χ4v) is 2.02. The fraction of sp³-hybridized carbons (Fsp3) is 0.286. The summed E-state index contributed by atoms with van der Waals surface area (Å²) in [4.78, 5) is 10.4. The first-order chi connectivity index (χ1) is 9.56. The van der Waals surface area contributed by atoms with E-state index in [9.17, 15) is 9.90 Å². The van der Waals surface area contributed by atoms with Gasteiger partial charge in [-0.15, -0.1) is 0 Å². The highest BCUT2D eigenvalue weighted by Crippen LogP contribution is 2.32. The molecule has 0 spiro atoms. The number of hydrogen-bond donors (Lipinski definition) is 2. The van der Waals surface area contributed by atoms with Crippen LogP contribution in [0.1, 0.15) is 25.0 Å². The van der Waals surface area contributed by atoms with Gasteiger partial charge in [-0.1, -0.05) is 16.8 Å². The minimum Gasteiger partial charge on any atom is -0.507 e. The summed E-state index contributed by atoms with van der Waals surface area (Å²) in [7, 11) is 0. The number of carbonyl (C=O) groups is 1. The second-order valence-electron chi connectivity index (χ2n) is 4.44. The lowest BCUT2D eigenvalue weighted by Crippen LogP contribution is -1.94. The number of aryl methyl sites for hydroxylation is 1. The Kier molecular flexibility index (Phi) is 4.63. The number of rotatable bonds is 6. The van der Waals surface area contributed by atoms with E-state index >= 15 is 0 Å². The number of nitrogens with zero attached hydrogens (tertiary/aromatic N) is 1. The first-order valence-electron chi connectivity index (χ1n) is 6.22. The minimum absolute atomic E-state index is 0.0722. The average Bonchev–Trinajstić information content (AvgIpc) is 2.86. The Bertz CT molecular complexity index is 609. The average molecular weight is 296 g/mol. The van der Waals surface area contributed by atoms with Crippen molar-refractivity contribution in [2.45, 2.75) is 25.7 Å². The largest absolute Gasteiger partial charge is 0.507 e. The van der Waals surface area contributed by atoms with Crippen LogP contribution in [-0.2, 0) is 11.2 Å². The van der Waals surface area contributed by atoms with E-state index in [1.54, 1.807) is 18.2 Å². The summed E-state index contributed by atoms with van der Waals surface area (Å²) in [5.74, 6) is -0.282. The van der Waals surface area contributed by atoms with Gasteiger partial charge in [-0.05, 0) is 37.5 Å². The van der Waals surface area contributed by atoms with E-state index in [0.717, 1.165) is 12.1 Å². The van der Waals surface area contributed by atoms with Gasteiger partial charge in [-0.3, -0.25) is 4.79 Å². The van der Waals surface area contributed by atoms with Crippen LogP contribution < -0.4 is 0 Å². The maximum absolute atomic E-state index is 10.4. The third-order valence-electron chi connectivity index (χ3n) is 2.86. The summed E-state index contributed by atoms with van der Waals surface area (Å²) in [5.41, 5.74) is 1.21. The molecule has 0 radical (unpaired) electrons. The second-order valence-corrected chi connectivity index (χ2v) is 4.88. The lowest BCUT2D eigenvalue weighted by Gasteiger charge is -1.99. The third kappa shape index (κ3) is 3.74. The van der Waals surface area contributed by atoms with Crippen LogP contribution in [-0.4, -0.2) is 21.3 Å². The Labute approximate surface area is 120 Å². The number of hydrogen-bond acceptors (Lipinski definition) is 4. The van der Waals surface area contributed by atoms with E-state index < -0.39 is 5.97 Å². The molecule has 0 aliphatic rings. The number of aromatic hydroxyl groups is 1. The Balaban J connectivity index is 2.01. The van der Waals surface area contributed by atoms with Gasteiger partial charge in [0.2, 0.25) is 0 Å². The van der Waals surface area contributed by atoms with Gasteiger partial charge in [0.05, 0.1) is 11.3 Å². The molecule has 2 aromatic rings. The molecule has 1 aromatic carbocycles. The quantitative estimate of drug-likeness (QED) is 0.797. The number of halogens is 1. The number of carboxylic acids is 1. The molecular formula is C14H14ClNO4. The fourth-order valence-electron chi connectivity index (χ4n) is 1.84. The number of aromatic nitrogens is 1. The Hall–Kier alpha value is -2.01. The van der Waals surface area contributed by atoms with E-state index in [-0.39, 0.29) is 12.2 Å². The summed E-state index contributed by atoms with van der Waals surface area (Å²) >= 11 is 5.88. The van der Waals surface area contributed by atoms with Crippen molar-refractivity contribution < 1.29 is 19.5 Å². The summed E-state index contributed by atoms with van der Waals surface area (Å²) in [6, 6.07) is 6.41. The van der Waals surface area contributed by atoms with E-state index in [2.05, 4.69) is 5.16 Å². The highest BCUT2D eigenvalue weighted by molar-refractivity contribution is 6.30. The van der Waals surface area contributed by atoms with Gasteiger partial charge in [0.15, 0.2) is 5.76 Å². The maximum atomic E-state index is 10.4. The topological polar surface area (TPSA) is 83.6 Å². The molecule has 2 N–H and O–H groups in total. The predicted molar refractivity (Wildman–Crippen MR) is 73.8 cm³/mol. The molecule has 1 heterocycles. The Morgan fingerprint density at radius 2 is 2.10 bits per heavy atom. The monoisotopic (exact) mass is 295 g/mol. The van der Waals surface area contributed by atoms with E-state index in [0.29, 0.717) is 29.2 Å². The van der Waals surface area contributed by atoms with Gasteiger partial charge in [0.1, 0.15) is 5.75 Å². The summed E-state index contributed by atoms with van der Waals surface area (Å²) in [5, 5.41) is 22.7. The van der Waals surface area contributed by atoms with Crippen LogP contribution in [0.15, 0.2) is 28.8 Å². The first kappa shape index (κ1) is 14.4. The Morgan fingerprint density at radius 1 is 1.30 bits per heavy atom. The zero-order chi connectivity index (χ0) is 14.5. The number of unbranched alkanes of at least 4 members (excludes halogenated alkanes) is 1. The minimum atomic E-state index is -0.797. The third-order valence-corrected chi connectivity index (χ3v) is 3.09. The van der Waals surface area contributed by atoms with Gasteiger partial charge in [0.25, 0.3) is 0 Å². The van der Waals surface area contributed by atoms with Gasteiger partial charge in [-0.25, -0.2) is 0 Å². The lowest BCUT2D eigenvalue weighted by atomic mass is 10.1. The molecule has 106 valence electrons. The first-order valence-corrected chi connectivity index (χ1v) is 6.60. The molecule has 5 nitrogen and oxygen atoms in total. The van der Waals surface area contributed by atoms with Crippen molar-refractivity contribution >= 4 is 17.6 Å². The van der Waals surface area contributed by atoms with Crippen molar-refractivity contribution in [2.24, 2.45) is 0 Å². The van der Waals surface area contributed by atoms with Crippen LogP contribution in [0.4, 0.5) is 0 Å². The summed E-state index contributed by atoms with van der Waals surface area (Å²) in [6.07, 6.45) is 2.11. The van der Waals surface area contributed by atoms with Crippen molar-refractivity contribution in [2.75, 3.05) is 0 Å². The SMILES string of the molecule is O=C(O)CCCCc1cc(-c2cc(Cl)ccc2O)on1. The van der Waals surface area contributed by atoms with E-state index in [1.165, 1.54) is 6.07 Å². The molecule has 20 heavy (non-hydrogen) atoms. The van der Waals surface area contributed by atoms with Gasteiger partial charge < -0.3 is 14.7 Å². The van der Waals surface area contributed by atoms with Crippen LogP contribution >= 0.6 is 11.6 Å². The number of benzene rings is 1. The summed E-state index contributed by atoms with van der Waals surface area (Å²) in [6.45, 7) is 0.